The van der Waals surface area contributed by atoms with E-state index in [1.165, 1.54) is 26.3 Å². The highest BCUT2D eigenvalue weighted by Crippen LogP contribution is 2.42. The Morgan fingerprint density at radius 1 is 1.31 bits per heavy atom. The molecule has 0 aliphatic carbocycles. The van der Waals surface area contributed by atoms with E-state index in [9.17, 15) is 26.9 Å². The minimum Gasteiger partial charge on any atom is -0.481 e. The summed E-state index contributed by atoms with van der Waals surface area (Å²) >= 11 is 0. The van der Waals surface area contributed by atoms with Gasteiger partial charge in [-0.2, -0.15) is 10.2 Å². The number of methoxy groups -OCH3 is 1. The maximum Gasteiger partial charge on any atom is 0.266 e. The fraction of sp³-hybridized carbons (Fsp3) is 0.417. The monoisotopic (exact) mass is 521 g/mol. The highest BCUT2D eigenvalue weighted by atomic mass is 32.2. The lowest BCUT2D eigenvalue weighted by molar-refractivity contribution is 0.146. The van der Waals surface area contributed by atoms with Crippen molar-refractivity contribution in [3.8, 4) is 11.9 Å². The summed E-state index contributed by atoms with van der Waals surface area (Å²) in [7, 11) is -0.426. The molecule has 0 saturated carbocycles. The van der Waals surface area contributed by atoms with E-state index in [4.69, 9.17) is 4.74 Å². The predicted octanol–water partition coefficient (Wildman–Crippen LogP) is 4.20. The Hall–Kier alpha value is -3.46. The molecule has 1 N–H and O–H groups in total. The van der Waals surface area contributed by atoms with Gasteiger partial charge in [0.25, 0.3) is 6.43 Å². The number of rotatable bonds is 7. The fourth-order valence-electron chi connectivity index (χ4n) is 4.23. The van der Waals surface area contributed by atoms with E-state index in [2.05, 4.69) is 33.1 Å². The number of hydrogen-bond donors (Lipinski definition) is 1. The number of nitriles is 1. The summed E-state index contributed by atoms with van der Waals surface area (Å²) in [5.74, 6) is -0.949. The molecule has 1 aromatic heterocycles. The van der Waals surface area contributed by atoms with E-state index in [-0.39, 0.29) is 47.4 Å². The lowest BCUT2D eigenvalue weighted by atomic mass is 9.76. The number of nitrogens with one attached hydrogen (secondary N) is 1. The van der Waals surface area contributed by atoms with Crippen molar-refractivity contribution in [3.05, 3.63) is 52.3 Å². The third-order valence-electron chi connectivity index (χ3n) is 6.31. The summed E-state index contributed by atoms with van der Waals surface area (Å²) in [6, 6.07) is 6.82. The molecule has 12 heteroatoms. The fourth-order valence-corrected chi connectivity index (χ4v) is 5.75. The summed E-state index contributed by atoms with van der Waals surface area (Å²) in [6.07, 6.45) is -2.86. The molecule has 36 heavy (non-hydrogen) atoms. The molecule has 1 aromatic carbocycles. The number of ether oxygens (including phenoxy) is 1. The first-order valence-electron chi connectivity index (χ1n) is 11.0. The van der Waals surface area contributed by atoms with Crippen molar-refractivity contribution >= 4 is 28.2 Å². The average molecular weight is 522 g/mol. The van der Waals surface area contributed by atoms with Crippen molar-refractivity contribution in [2.24, 2.45) is 9.98 Å². The molecule has 1 aliphatic rings. The Morgan fingerprint density at radius 2 is 1.94 bits per heavy atom. The molecule has 0 radical (unpaired) electrons. The Kier molecular flexibility index (Phi) is 8.03. The lowest BCUT2D eigenvalue weighted by Gasteiger charge is -2.32. The molecule has 1 aliphatic heterocycles. The summed E-state index contributed by atoms with van der Waals surface area (Å²) in [5, 5.41) is 13.1. The number of nitrogens with zero attached hydrogens (tertiary/aromatic N) is 4. The van der Waals surface area contributed by atoms with E-state index < -0.39 is 39.1 Å². The molecule has 0 spiro atoms. The van der Waals surface area contributed by atoms with Gasteiger partial charge in [0, 0.05) is 18.2 Å². The third kappa shape index (κ3) is 5.21. The van der Waals surface area contributed by atoms with Gasteiger partial charge in [-0.25, -0.2) is 26.6 Å². The lowest BCUT2D eigenvalue weighted by Crippen LogP contribution is -2.37. The van der Waals surface area contributed by atoms with Gasteiger partial charge in [-0.05, 0) is 32.5 Å². The van der Waals surface area contributed by atoms with Crippen LogP contribution < -0.4 is 10.1 Å². The predicted molar refractivity (Wildman–Crippen MR) is 131 cm³/mol. The molecule has 2 aromatic rings. The van der Waals surface area contributed by atoms with Crippen molar-refractivity contribution in [3.63, 3.8) is 0 Å². The van der Waals surface area contributed by atoms with Crippen LogP contribution in [0.4, 0.5) is 19.0 Å². The quantitative estimate of drug-likeness (QED) is 0.431. The zero-order chi connectivity index (χ0) is 26.7. The second kappa shape index (κ2) is 10.7. The molecular formula is C24H26F3N5O3S. The van der Waals surface area contributed by atoms with Crippen molar-refractivity contribution in [2.45, 2.75) is 37.6 Å². The van der Waals surface area contributed by atoms with Gasteiger partial charge in [0.2, 0.25) is 5.88 Å². The average Bonchev–Trinajstić information content (AvgIpc) is 2.86. The first-order chi connectivity index (χ1) is 17.0. The van der Waals surface area contributed by atoms with Crippen LogP contribution in [0, 0.1) is 17.1 Å². The van der Waals surface area contributed by atoms with Crippen LogP contribution in [0.25, 0.3) is 0 Å². The summed E-state index contributed by atoms with van der Waals surface area (Å²) in [4.78, 5) is 12.5. The van der Waals surface area contributed by atoms with Crippen LogP contribution in [0.15, 0.2) is 34.3 Å². The molecule has 192 valence electrons. The number of hydrogen-bond acceptors (Lipinski definition) is 7. The van der Waals surface area contributed by atoms with Crippen LogP contribution >= 0.6 is 0 Å². The van der Waals surface area contributed by atoms with E-state index >= 15 is 0 Å². The molecule has 0 bridgehead atoms. The second-order valence-electron chi connectivity index (χ2n) is 8.41. The summed E-state index contributed by atoms with van der Waals surface area (Å²) in [6.45, 7) is 5.11. The molecule has 1 atom stereocenters. The standard InChI is InChI=1S/C24H26F3N5O3S/c1-14(15-6-5-7-16(19(15)25)20(26)27)31-21(29-2)17-12-18(23(35-4)32-22(17)30-3)24(13-28)8-10-36(33,34)11-9-24/h5-7,12,14,20H,3,8-11H2,1-2,4H3,(H,29,31)/t14-/m1/s1. The first kappa shape index (κ1) is 27.1. The van der Waals surface area contributed by atoms with Gasteiger partial charge >= 0.3 is 0 Å². The Balaban J connectivity index is 2.08. The van der Waals surface area contributed by atoms with Gasteiger partial charge in [0.05, 0.1) is 47.3 Å². The van der Waals surface area contributed by atoms with Crippen molar-refractivity contribution < 1.29 is 26.3 Å². The van der Waals surface area contributed by atoms with Crippen molar-refractivity contribution in [1.29, 1.82) is 5.26 Å². The molecule has 0 unspecified atom stereocenters. The minimum absolute atomic E-state index is 0.00902. The molecule has 1 fully saturated rings. The number of sulfone groups is 1. The van der Waals surface area contributed by atoms with Crippen LogP contribution in [-0.4, -0.2) is 51.6 Å². The normalized spacial score (nSPS) is 17.8. The Labute approximate surface area is 207 Å². The van der Waals surface area contributed by atoms with E-state index in [0.29, 0.717) is 11.1 Å². The molecule has 1 saturated heterocycles. The number of halogens is 3. The first-order valence-corrected chi connectivity index (χ1v) is 12.8. The van der Waals surface area contributed by atoms with E-state index in [1.807, 2.05) is 0 Å². The second-order valence-corrected chi connectivity index (χ2v) is 10.7. The number of aromatic nitrogens is 1. The number of aliphatic imine (C=N–C) groups is 2. The zero-order valence-corrected chi connectivity index (χ0v) is 20.9. The van der Waals surface area contributed by atoms with Crippen molar-refractivity contribution in [1.82, 2.24) is 10.3 Å². The Bertz CT molecular complexity index is 1330. The van der Waals surface area contributed by atoms with Crippen LogP contribution in [0.3, 0.4) is 0 Å². The topological polar surface area (TPSA) is 117 Å². The molecule has 0 amide bonds. The van der Waals surface area contributed by atoms with Crippen molar-refractivity contribution in [2.75, 3.05) is 25.7 Å². The van der Waals surface area contributed by atoms with E-state index in [0.717, 1.165) is 6.07 Å². The number of pyridine rings is 1. The summed E-state index contributed by atoms with van der Waals surface area (Å²) < 4.78 is 70.6. The molecule has 8 nitrogen and oxygen atoms in total. The number of amidine groups is 1. The third-order valence-corrected chi connectivity index (χ3v) is 7.96. The van der Waals surface area contributed by atoms with Crippen LogP contribution in [-0.2, 0) is 15.3 Å². The number of alkyl halides is 2. The molecule has 2 heterocycles. The van der Waals surface area contributed by atoms with Gasteiger partial charge in [0.15, 0.2) is 5.82 Å². The highest BCUT2D eigenvalue weighted by Gasteiger charge is 2.42. The maximum atomic E-state index is 14.7. The van der Waals surface area contributed by atoms with Gasteiger partial charge in [-0.1, -0.05) is 18.2 Å². The highest BCUT2D eigenvalue weighted by molar-refractivity contribution is 7.91. The minimum atomic E-state index is -3.26. The van der Waals surface area contributed by atoms with Gasteiger partial charge in [-0.15, -0.1) is 0 Å². The van der Waals surface area contributed by atoms with Crippen LogP contribution in [0.1, 0.15) is 54.5 Å². The van der Waals surface area contributed by atoms with Gasteiger partial charge in [-0.3, -0.25) is 4.99 Å². The SMILES string of the molecule is C=Nc1nc(OC)c(C2(C#N)CCS(=O)(=O)CC2)cc1/C(=N\C)N[C@H](C)c1cccc(C(F)F)c1F. The van der Waals surface area contributed by atoms with Gasteiger partial charge in [0.1, 0.15) is 21.5 Å². The van der Waals surface area contributed by atoms with Crippen LogP contribution in [0.2, 0.25) is 0 Å². The maximum absolute atomic E-state index is 14.7. The zero-order valence-electron chi connectivity index (χ0n) is 20.1. The van der Waals surface area contributed by atoms with E-state index in [1.54, 1.807) is 13.0 Å². The largest absolute Gasteiger partial charge is 0.481 e. The van der Waals surface area contributed by atoms with Crippen LogP contribution in [0.5, 0.6) is 5.88 Å². The van der Waals surface area contributed by atoms with Gasteiger partial charge < -0.3 is 10.1 Å². The smallest absolute Gasteiger partial charge is 0.266 e. The molecule has 3 rings (SSSR count). The summed E-state index contributed by atoms with van der Waals surface area (Å²) in [5.41, 5.74) is -1.20. The molecular weight excluding hydrogens is 495 g/mol. The number of benzene rings is 1. The Morgan fingerprint density at radius 3 is 2.47 bits per heavy atom.